The summed E-state index contributed by atoms with van der Waals surface area (Å²) in [6.45, 7) is 2.11. The molecule has 0 spiro atoms. The van der Waals surface area contributed by atoms with Crippen molar-refractivity contribution < 1.29 is 4.79 Å². The van der Waals surface area contributed by atoms with Crippen LogP contribution < -0.4 is 5.73 Å². The predicted molar refractivity (Wildman–Crippen MR) is 69.3 cm³/mol. The Morgan fingerprint density at radius 2 is 2.29 bits per heavy atom. The van der Waals surface area contributed by atoms with Crippen molar-refractivity contribution in [2.45, 2.75) is 19.9 Å². The van der Waals surface area contributed by atoms with Crippen molar-refractivity contribution in [1.82, 2.24) is 4.98 Å². The van der Waals surface area contributed by atoms with Gasteiger partial charge in [-0.2, -0.15) is 0 Å². The minimum Gasteiger partial charge on any atom is -0.326 e. The van der Waals surface area contributed by atoms with Crippen LogP contribution >= 0.6 is 11.3 Å². The molecule has 2 rings (SSSR count). The van der Waals surface area contributed by atoms with Crippen molar-refractivity contribution >= 4 is 17.1 Å². The third-order valence-electron chi connectivity index (χ3n) is 2.49. The third-order valence-corrected chi connectivity index (χ3v) is 3.51. The molecule has 0 saturated carbocycles. The summed E-state index contributed by atoms with van der Waals surface area (Å²) in [5.74, 6) is 0.0913. The van der Waals surface area contributed by atoms with Gasteiger partial charge in [-0.25, -0.2) is 4.98 Å². The normalized spacial score (nSPS) is 10.5. The molecule has 0 aliphatic heterocycles. The monoisotopic (exact) mass is 246 g/mol. The van der Waals surface area contributed by atoms with Crippen molar-refractivity contribution in [1.29, 1.82) is 0 Å². The highest BCUT2D eigenvalue weighted by Crippen LogP contribution is 2.17. The van der Waals surface area contributed by atoms with Gasteiger partial charge in [0.1, 0.15) is 0 Å². The van der Waals surface area contributed by atoms with Crippen LogP contribution in [0.3, 0.4) is 0 Å². The van der Waals surface area contributed by atoms with Crippen molar-refractivity contribution in [3.8, 4) is 0 Å². The molecule has 1 aromatic carbocycles. The fourth-order valence-electron chi connectivity index (χ4n) is 1.60. The highest BCUT2D eigenvalue weighted by Gasteiger charge is 2.04. The molecular formula is C13H14N2OS. The minimum absolute atomic E-state index is 0.0913. The molecule has 0 aliphatic rings. The minimum atomic E-state index is 0.0913. The van der Waals surface area contributed by atoms with E-state index >= 15 is 0 Å². The topological polar surface area (TPSA) is 56.0 Å². The van der Waals surface area contributed by atoms with Gasteiger partial charge in [0.2, 0.25) is 0 Å². The van der Waals surface area contributed by atoms with Crippen molar-refractivity contribution in [3.63, 3.8) is 0 Å². The van der Waals surface area contributed by atoms with Crippen LogP contribution in [0.2, 0.25) is 0 Å². The maximum absolute atomic E-state index is 11.3. The first-order chi connectivity index (χ1) is 8.19. The lowest BCUT2D eigenvalue weighted by molar-refractivity contribution is 0.101. The molecule has 1 heterocycles. The number of carbonyl (C=O) groups is 1. The highest BCUT2D eigenvalue weighted by molar-refractivity contribution is 7.11. The molecule has 88 valence electrons. The Morgan fingerprint density at radius 1 is 1.47 bits per heavy atom. The van der Waals surface area contributed by atoms with Gasteiger partial charge in [-0.1, -0.05) is 18.2 Å². The van der Waals surface area contributed by atoms with Crippen LogP contribution in [-0.2, 0) is 13.0 Å². The molecule has 0 amide bonds. The quantitative estimate of drug-likeness (QED) is 0.843. The lowest BCUT2D eigenvalue weighted by atomic mass is 10.1. The number of carbonyl (C=O) groups excluding carboxylic acids is 1. The van der Waals surface area contributed by atoms with E-state index in [1.54, 1.807) is 18.3 Å². The van der Waals surface area contributed by atoms with Crippen LogP contribution in [0.5, 0.6) is 0 Å². The summed E-state index contributed by atoms with van der Waals surface area (Å²) in [6, 6.07) is 7.67. The van der Waals surface area contributed by atoms with E-state index in [1.165, 1.54) is 0 Å². The molecule has 4 heteroatoms. The van der Waals surface area contributed by atoms with Gasteiger partial charge in [-0.05, 0) is 18.6 Å². The Balaban J connectivity index is 2.18. The lowest BCUT2D eigenvalue weighted by Crippen LogP contribution is -1.94. The number of nitrogens with zero attached hydrogens (tertiary/aromatic N) is 1. The zero-order valence-electron chi connectivity index (χ0n) is 9.64. The fourth-order valence-corrected chi connectivity index (χ4v) is 2.43. The van der Waals surface area contributed by atoms with Gasteiger partial charge in [-0.15, -0.1) is 11.3 Å². The van der Waals surface area contributed by atoms with Crippen LogP contribution in [0, 0.1) is 0 Å². The summed E-state index contributed by atoms with van der Waals surface area (Å²) in [4.78, 5) is 16.7. The number of hydrogen-bond acceptors (Lipinski definition) is 4. The molecule has 0 radical (unpaired) electrons. The summed E-state index contributed by atoms with van der Waals surface area (Å²) >= 11 is 1.62. The van der Waals surface area contributed by atoms with Crippen molar-refractivity contribution in [2.75, 3.05) is 0 Å². The van der Waals surface area contributed by atoms with Gasteiger partial charge in [0.25, 0.3) is 0 Å². The summed E-state index contributed by atoms with van der Waals surface area (Å²) < 4.78 is 0. The van der Waals surface area contributed by atoms with Gasteiger partial charge in [0.15, 0.2) is 5.78 Å². The van der Waals surface area contributed by atoms with Crippen LogP contribution in [0.4, 0.5) is 0 Å². The van der Waals surface area contributed by atoms with E-state index in [1.807, 2.05) is 30.5 Å². The molecule has 0 atom stereocenters. The first-order valence-electron chi connectivity index (χ1n) is 5.42. The second kappa shape index (κ2) is 5.21. The molecule has 2 aromatic rings. The van der Waals surface area contributed by atoms with Crippen LogP contribution in [0.1, 0.15) is 32.7 Å². The molecule has 0 saturated heterocycles. The predicted octanol–water partition coefficient (Wildman–Crippen LogP) is 2.40. The van der Waals surface area contributed by atoms with E-state index in [2.05, 4.69) is 4.98 Å². The Bertz CT molecular complexity index is 534. The summed E-state index contributed by atoms with van der Waals surface area (Å²) in [7, 11) is 0. The van der Waals surface area contributed by atoms with Gasteiger partial charge in [0, 0.05) is 29.6 Å². The van der Waals surface area contributed by atoms with Crippen LogP contribution in [-0.4, -0.2) is 10.8 Å². The number of benzene rings is 1. The second-order valence-electron chi connectivity index (χ2n) is 3.86. The molecule has 0 bridgehead atoms. The Morgan fingerprint density at radius 3 is 2.94 bits per heavy atom. The maximum atomic E-state index is 11.3. The number of rotatable bonds is 4. The average molecular weight is 246 g/mol. The smallest absolute Gasteiger partial charge is 0.159 e. The molecule has 2 N–H and O–H groups in total. The first-order valence-corrected chi connectivity index (χ1v) is 6.24. The number of thiazole rings is 1. The molecule has 3 nitrogen and oxygen atoms in total. The van der Waals surface area contributed by atoms with Crippen molar-refractivity contribution in [2.24, 2.45) is 5.73 Å². The van der Waals surface area contributed by atoms with Crippen LogP contribution in [0.15, 0.2) is 30.5 Å². The first kappa shape index (κ1) is 12.0. The molecular weight excluding hydrogens is 232 g/mol. The number of aromatic nitrogens is 1. The van der Waals surface area contributed by atoms with Gasteiger partial charge in [-0.3, -0.25) is 4.79 Å². The SMILES string of the molecule is CC(=O)c1cccc(Cc2ncc(CN)s2)c1. The Kier molecular flexibility index (Phi) is 3.66. The third kappa shape index (κ3) is 2.99. The van der Waals surface area contributed by atoms with E-state index in [-0.39, 0.29) is 5.78 Å². The standard InChI is InChI=1S/C13H14N2OS/c1-9(16)11-4-2-3-10(5-11)6-13-15-8-12(7-14)17-13/h2-5,8H,6-7,14H2,1H3. The zero-order chi connectivity index (χ0) is 12.3. The lowest BCUT2D eigenvalue weighted by Gasteiger charge is -2.00. The van der Waals surface area contributed by atoms with Crippen molar-refractivity contribution in [3.05, 3.63) is 51.5 Å². The van der Waals surface area contributed by atoms with Gasteiger partial charge >= 0.3 is 0 Å². The Hall–Kier alpha value is -1.52. The van der Waals surface area contributed by atoms with E-state index in [0.29, 0.717) is 6.54 Å². The molecule has 17 heavy (non-hydrogen) atoms. The van der Waals surface area contributed by atoms with Crippen LogP contribution in [0.25, 0.3) is 0 Å². The number of nitrogens with two attached hydrogens (primary N) is 1. The summed E-state index contributed by atoms with van der Waals surface area (Å²) in [5.41, 5.74) is 7.40. The second-order valence-corrected chi connectivity index (χ2v) is 5.06. The molecule has 1 aromatic heterocycles. The van der Waals surface area contributed by atoms with Gasteiger partial charge < -0.3 is 5.73 Å². The zero-order valence-corrected chi connectivity index (χ0v) is 10.5. The average Bonchev–Trinajstić information content (AvgIpc) is 2.77. The molecule has 0 fully saturated rings. The maximum Gasteiger partial charge on any atom is 0.159 e. The summed E-state index contributed by atoms with van der Waals surface area (Å²) in [6.07, 6.45) is 2.57. The van der Waals surface area contributed by atoms with E-state index < -0.39 is 0 Å². The van der Waals surface area contributed by atoms with E-state index in [9.17, 15) is 4.79 Å². The highest BCUT2D eigenvalue weighted by atomic mass is 32.1. The van der Waals surface area contributed by atoms with E-state index in [4.69, 9.17) is 5.73 Å². The number of ketones is 1. The largest absolute Gasteiger partial charge is 0.326 e. The fraction of sp³-hybridized carbons (Fsp3) is 0.231. The number of hydrogen-bond donors (Lipinski definition) is 1. The van der Waals surface area contributed by atoms with Gasteiger partial charge in [0.05, 0.1) is 5.01 Å². The number of Topliss-reactive ketones (excluding diaryl/α,β-unsaturated/α-hetero) is 1. The molecule has 0 unspecified atom stereocenters. The summed E-state index contributed by atoms with van der Waals surface area (Å²) in [5, 5.41) is 1.03. The molecule has 0 aliphatic carbocycles. The van der Waals surface area contributed by atoms with E-state index in [0.717, 1.165) is 27.4 Å². The Labute approximate surface area is 104 Å².